The van der Waals surface area contributed by atoms with E-state index in [0.717, 1.165) is 10.6 Å². The normalized spacial score (nSPS) is 10.4. The molecule has 2 aromatic rings. The number of esters is 1. The van der Waals surface area contributed by atoms with Gasteiger partial charge in [-0.3, -0.25) is 10.1 Å². The summed E-state index contributed by atoms with van der Waals surface area (Å²) < 4.78 is 4.97. The minimum Gasteiger partial charge on any atom is -0.462 e. The fraction of sp³-hybridized carbons (Fsp3) is 0.286. The van der Waals surface area contributed by atoms with Gasteiger partial charge in [-0.2, -0.15) is 0 Å². The zero-order chi connectivity index (χ0) is 15.4. The molecule has 2 rings (SSSR count). The molecule has 0 atom stereocenters. The Morgan fingerprint density at radius 1 is 1.48 bits per heavy atom. The molecule has 1 aromatic heterocycles. The number of nitro groups is 1. The van der Waals surface area contributed by atoms with Gasteiger partial charge in [-0.25, -0.2) is 9.78 Å². The first-order chi connectivity index (χ1) is 10.0. The summed E-state index contributed by atoms with van der Waals surface area (Å²) in [5, 5.41) is 11.5. The molecular formula is C14H14N2O4S. The highest BCUT2D eigenvalue weighted by Gasteiger charge is 2.17. The van der Waals surface area contributed by atoms with Crippen molar-refractivity contribution in [2.45, 2.75) is 20.3 Å². The van der Waals surface area contributed by atoms with Gasteiger partial charge in [0.2, 0.25) is 0 Å². The largest absolute Gasteiger partial charge is 0.462 e. The number of non-ortho nitro benzene ring substituents is 1. The van der Waals surface area contributed by atoms with Crippen molar-refractivity contribution in [3.8, 4) is 0 Å². The molecule has 0 aliphatic carbocycles. The van der Waals surface area contributed by atoms with Gasteiger partial charge in [-0.05, 0) is 19.4 Å². The van der Waals surface area contributed by atoms with Gasteiger partial charge in [0.1, 0.15) is 4.88 Å². The molecule has 0 N–H and O–H groups in total. The standard InChI is InChI=1S/C14H14N2O4S/c1-3-20-14(17)13-9(2)15-12(21-13)8-10-5-4-6-11(7-10)16(18)19/h4-7H,3,8H2,1-2H3. The van der Waals surface area contributed by atoms with E-state index in [0.29, 0.717) is 23.6 Å². The maximum Gasteiger partial charge on any atom is 0.350 e. The lowest BCUT2D eigenvalue weighted by molar-refractivity contribution is -0.384. The summed E-state index contributed by atoms with van der Waals surface area (Å²) in [5.74, 6) is -0.377. The van der Waals surface area contributed by atoms with Crippen LogP contribution >= 0.6 is 11.3 Å². The lowest BCUT2D eigenvalue weighted by Crippen LogP contribution is -2.03. The van der Waals surface area contributed by atoms with E-state index in [1.807, 2.05) is 0 Å². The van der Waals surface area contributed by atoms with Crippen LogP contribution in [-0.4, -0.2) is 22.5 Å². The van der Waals surface area contributed by atoms with E-state index in [4.69, 9.17) is 4.74 Å². The van der Waals surface area contributed by atoms with E-state index in [-0.39, 0.29) is 11.7 Å². The van der Waals surface area contributed by atoms with Crippen LogP contribution in [0.15, 0.2) is 24.3 Å². The number of hydrogen-bond donors (Lipinski definition) is 0. The maximum absolute atomic E-state index is 11.7. The third kappa shape index (κ3) is 3.63. The SMILES string of the molecule is CCOC(=O)c1sc(Cc2cccc([N+](=O)[O-])c2)nc1C. The Balaban J connectivity index is 2.20. The van der Waals surface area contributed by atoms with Gasteiger partial charge < -0.3 is 4.74 Å². The summed E-state index contributed by atoms with van der Waals surface area (Å²) in [6.45, 7) is 3.81. The highest BCUT2D eigenvalue weighted by Crippen LogP contribution is 2.23. The van der Waals surface area contributed by atoms with Crippen molar-refractivity contribution >= 4 is 23.0 Å². The Kier molecular flexibility index (Phi) is 4.64. The number of carbonyl (C=O) groups excluding carboxylic acids is 1. The van der Waals surface area contributed by atoms with Gasteiger partial charge in [-0.15, -0.1) is 11.3 Å². The zero-order valence-corrected chi connectivity index (χ0v) is 12.5. The Labute approximate surface area is 125 Å². The van der Waals surface area contributed by atoms with E-state index < -0.39 is 4.92 Å². The van der Waals surface area contributed by atoms with Gasteiger partial charge in [0.25, 0.3) is 5.69 Å². The van der Waals surface area contributed by atoms with E-state index in [1.165, 1.54) is 23.5 Å². The van der Waals surface area contributed by atoms with Crippen LogP contribution < -0.4 is 0 Å². The highest BCUT2D eigenvalue weighted by molar-refractivity contribution is 7.13. The average Bonchev–Trinajstić information content (AvgIpc) is 2.80. The van der Waals surface area contributed by atoms with E-state index >= 15 is 0 Å². The van der Waals surface area contributed by atoms with Gasteiger partial charge in [0.15, 0.2) is 0 Å². The molecule has 0 spiro atoms. The Bertz CT molecular complexity index is 681. The van der Waals surface area contributed by atoms with Crippen molar-refractivity contribution in [1.82, 2.24) is 4.98 Å². The molecule has 1 heterocycles. The number of hydrogen-bond acceptors (Lipinski definition) is 6. The molecule has 0 fully saturated rings. The third-order valence-electron chi connectivity index (χ3n) is 2.78. The number of rotatable bonds is 5. The molecule has 7 heteroatoms. The highest BCUT2D eigenvalue weighted by atomic mass is 32.1. The second-order valence-corrected chi connectivity index (χ2v) is 5.43. The predicted octanol–water partition coefficient (Wildman–Crippen LogP) is 3.13. The predicted molar refractivity (Wildman–Crippen MR) is 78.7 cm³/mol. The number of aromatic nitrogens is 1. The van der Waals surface area contributed by atoms with Crippen molar-refractivity contribution in [3.63, 3.8) is 0 Å². The quantitative estimate of drug-likeness (QED) is 0.481. The van der Waals surface area contributed by atoms with Crippen molar-refractivity contribution in [2.75, 3.05) is 6.61 Å². The van der Waals surface area contributed by atoms with Crippen LogP contribution in [0.2, 0.25) is 0 Å². The molecule has 6 nitrogen and oxygen atoms in total. The molecule has 1 aromatic carbocycles. The van der Waals surface area contributed by atoms with Crippen molar-refractivity contribution in [2.24, 2.45) is 0 Å². The number of benzene rings is 1. The first-order valence-corrected chi connectivity index (χ1v) is 7.19. The second-order valence-electron chi connectivity index (χ2n) is 4.35. The molecule has 0 amide bonds. The molecule has 0 bridgehead atoms. The van der Waals surface area contributed by atoms with Gasteiger partial charge in [-0.1, -0.05) is 12.1 Å². The summed E-state index contributed by atoms with van der Waals surface area (Å²) in [4.78, 5) is 26.9. The van der Waals surface area contributed by atoms with E-state index in [1.54, 1.807) is 26.0 Å². The van der Waals surface area contributed by atoms with Crippen LogP contribution in [0.3, 0.4) is 0 Å². The number of nitro benzene ring substituents is 1. The fourth-order valence-electron chi connectivity index (χ4n) is 1.87. The summed E-state index contributed by atoms with van der Waals surface area (Å²) >= 11 is 1.26. The maximum atomic E-state index is 11.7. The number of thiazole rings is 1. The van der Waals surface area contributed by atoms with Crippen LogP contribution in [0.25, 0.3) is 0 Å². The second kappa shape index (κ2) is 6.45. The summed E-state index contributed by atoms with van der Waals surface area (Å²) in [5.41, 5.74) is 1.46. The molecule has 0 unspecified atom stereocenters. The van der Waals surface area contributed by atoms with Crippen molar-refractivity contribution < 1.29 is 14.5 Å². The first kappa shape index (κ1) is 15.1. The lowest BCUT2D eigenvalue weighted by Gasteiger charge is -1.98. The van der Waals surface area contributed by atoms with E-state index in [9.17, 15) is 14.9 Å². The molecule has 21 heavy (non-hydrogen) atoms. The summed E-state index contributed by atoms with van der Waals surface area (Å²) in [6.07, 6.45) is 0.451. The van der Waals surface area contributed by atoms with Crippen molar-refractivity contribution in [3.05, 3.63) is 55.5 Å². The number of ether oxygens (including phenoxy) is 1. The van der Waals surface area contributed by atoms with Gasteiger partial charge >= 0.3 is 5.97 Å². The summed E-state index contributed by atoms with van der Waals surface area (Å²) in [7, 11) is 0. The smallest absolute Gasteiger partial charge is 0.350 e. The number of nitrogens with zero attached hydrogens (tertiary/aromatic N) is 2. The lowest BCUT2D eigenvalue weighted by atomic mass is 10.1. The monoisotopic (exact) mass is 306 g/mol. The number of carbonyl (C=O) groups is 1. The fourth-order valence-corrected chi connectivity index (χ4v) is 2.86. The first-order valence-electron chi connectivity index (χ1n) is 6.38. The van der Waals surface area contributed by atoms with Crippen LogP contribution in [0.1, 0.15) is 32.9 Å². The molecule has 0 saturated heterocycles. The average molecular weight is 306 g/mol. The third-order valence-corrected chi connectivity index (χ3v) is 3.92. The topological polar surface area (TPSA) is 82.3 Å². The molecule has 0 saturated carbocycles. The minimum absolute atomic E-state index is 0.0476. The van der Waals surface area contributed by atoms with Crippen molar-refractivity contribution in [1.29, 1.82) is 0 Å². The van der Waals surface area contributed by atoms with E-state index in [2.05, 4.69) is 4.98 Å². The van der Waals surface area contributed by atoms with Gasteiger partial charge in [0, 0.05) is 18.6 Å². The Hall–Kier alpha value is -2.28. The van der Waals surface area contributed by atoms with Gasteiger partial charge in [0.05, 0.1) is 22.2 Å². The van der Waals surface area contributed by atoms with Crippen LogP contribution in [0, 0.1) is 17.0 Å². The Morgan fingerprint density at radius 3 is 2.90 bits per heavy atom. The zero-order valence-electron chi connectivity index (χ0n) is 11.7. The molecule has 0 aliphatic rings. The molecule has 0 aliphatic heterocycles. The van der Waals surface area contributed by atoms with Crippen LogP contribution in [-0.2, 0) is 11.2 Å². The molecule has 0 radical (unpaired) electrons. The van der Waals surface area contributed by atoms with Crippen LogP contribution in [0.5, 0.6) is 0 Å². The molecule has 110 valence electrons. The number of aryl methyl sites for hydroxylation is 1. The minimum atomic E-state index is -0.430. The van der Waals surface area contributed by atoms with Crippen LogP contribution in [0.4, 0.5) is 5.69 Å². The summed E-state index contributed by atoms with van der Waals surface area (Å²) in [6, 6.07) is 6.40. The molecular weight excluding hydrogens is 292 g/mol. The Morgan fingerprint density at radius 2 is 2.24 bits per heavy atom.